The van der Waals surface area contributed by atoms with Crippen molar-refractivity contribution in [3.05, 3.63) is 67.4 Å². The van der Waals surface area contributed by atoms with Gasteiger partial charge in [0.2, 0.25) is 0 Å². The lowest BCUT2D eigenvalue weighted by molar-refractivity contribution is 0.497. The molecule has 1 aliphatic heterocycles. The molecule has 152 valence electrons. The van der Waals surface area contributed by atoms with Gasteiger partial charge in [-0.25, -0.2) is 0 Å². The van der Waals surface area contributed by atoms with Crippen LogP contribution in [0.5, 0.6) is 0 Å². The van der Waals surface area contributed by atoms with E-state index in [9.17, 15) is 4.79 Å². The zero-order valence-electron chi connectivity index (χ0n) is 16.6. The first kappa shape index (κ1) is 20.2. The van der Waals surface area contributed by atoms with Gasteiger partial charge in [0.15, 0.2) is 5.43 Å². The summed E-state index contributed by atoms with van der Waals surface area (Å²) in [6.07, 6.45) is 3.14. The number of para-hydroxylation sites is 1. The third kappa shape index (κ3) is 4.59. The van der Waals surface area contributed by atoms with Crippen molar-refractivity contribution in [3.63, 3.8) is 0 Å². The van der Waals surface area contributed by atoms with E-state index in [1.165, 1.54) is 20.4 Å². The van der Waals surface area contributed by atoms with E-state index in [4.69, 9.17) is 0 Å². The summed E-state index contributed by atoms with van der Waals surface area (Å²) in [5, 5.41) is 11.4. The fraction of sp³-hybridized carbons (Fsp3) is 0.348. The molecule has 0 saturated heterocycles. The van der Waals surface area contributed by atoms with E-state index in [1.807, 2.05) is 24.3 Å². The van der Waals surface area contributed by atoms with Crippen LogP contribution in [-0.2, 0) is 6.42 Å². The van der Waals surface area contributed by atoms with Gasteiger partial charge < -0.3 is 20.9 Å². The van der Waals surface area contributed by atoms with E-state index < -0.39 is 0 Å². The normalized spacial score (nSPS) is 15.7. The molecule has 2 heterocycles. The molecule has 6 heteroatoms. The summed E-state index contributed by atoms with van der Waals surface area (Å²) in [6, 6.07) is 14.3. The molecule has 0 bridgehead atoms. The summed E-state index contributed by atoms with van der Waals surface area (Å²) in [5.74, 6) is 0.781. The zero-order valence-corrected chi connectivity index (χ0v) is 18.8. The molecule has 29 heavy (non-hydrogen) atoms. The molecule has 0 amide bonds. The molecule has 0 fully saturated rings. The number of rotatable bonds is 7. The Kier molecular flexibility index (Phi) is 6.40. The molecule has 4 rings (SSSR count). The van der Waals surface area contributed by atoms with Crippen LogP contribution >= 0.6 is 22.6 Å². The second kappa shape index (κ2) is 9.17. The Morgan fingerprint density at radius 1 is 1.17 bits per heavy atom. The number of nitrogens with one attached hydrogen (secondary N) is 4. The minimum Gasteiger partial charge on any atom is -0.384 e. The van der Waals surface area contributed by atoms with Crippen LogP contribution in [-0.4, -0.2) is 24.6 Å². The Morgan fingerprint density at radius 2 is 2.03 bits per heavy atom. The number of anilines is 2. The molecule has 0 aliphatic carbocycles. The van der Waals surface area contributed by atoms with Gasteiger partial charge in [-0.15, -0.1) is 0 Å². The molecule has 0 unspecified atom stereocenters. The van der Waals surface area contributed by atoms with Crippen LogP contribution in [0.2, 0.25) is 0 Å². The average molecular weight is 502 g/mol. The summed E-state index contributed by atoms with van der Waals surface area (Å²) in [7, 11) is 0. The molecule has 1 atom stereocenters. The number of benzene rings is 2. The summed E-state index contributed by atoms with van der Waals surface area (Å²) < 4.78 is 1.31. The standard InChI is InChI=1S/C23H27IN4O/c1-2-15-12-17-19(8-11-27-23(17)18(24)13-15)25-9-5-10-26-22-14-21(29)16-6-3-4-7-20(16)28-22/h3-4,6-7,12-14,19,25,27H,2,5,8-11H2,1H3,(H2,26,28,29)/t19-/m1/s1. The van der Waals surface area contributed by atoms with Crippen molar-refractivity contribution in [1.82, 2.24) is 10.3 Å². The topological polar surface area (TPSA) is 68.9 Å². The number of aryl methyl sites for hydroxylation is 1. The number of aromatic nitrogens is 1. The van der Waals surface area contributed by atoms with Crippen molar-refractivity contribution in [2.75, 3.05) is 30.3 Å². The van der Waals surface area contributed by atoms with Crippen LogP contribution in [0.4, 0.5) is 11.5 Å². The van der Waals surface area contributed by atoms with Gasteiger partial charge >= 0.3 is 0 Å². The number of H-pyrrole nitrogens is 1. The minimum atomic E-state index is 0.0487. The summed E-state index contributed by atoms with van der Waals surface area (Å²) in [4.78, 5) is 15.5. The number of halogens is 1. The first-order valence-electron chi connectivity index (χ1n) is 10.3. The number of pyridine rings is 1. The number of hydrogen-bond acceptors (Lipinski definition) is 4. The van der Waals surface area contributed by atoms with Crippen LogP contribution in [0.1, 0.15) is 36.9 Å². The van der Waals surface area contributed by atoms with Crippen LogP contribution in [0.3, 0.4) is 0 Å². The van der Waals surface area contributed by atoms with Gasteiger partial charge in [0.25, 0.3) is 0 Å². The highest BCUT2D eigenvalue weighted by atomic mass is 127. The van der Waals surface area contributed by atoms with Gasteiger partial charge in [-0.05, 0) is 77.7 Å². The van der Waals surface area contributed by atoms with Gasteiger partial charge in [0, 0.05) is 34.2 Å². The van der Waals surface area contributed by atoms with Crippen molar-refractivity contribution in [2.45, 2.75) is 32.2 Å². The fourth-order valence-corrected chi connectivity index (χ4v) is 4.84. The third-order valence-corrected chi connectivity index (χ3v) is 6.35. The quantitative estimate of drug-likeness (QED) is 0.281. The molecule has 5 nitrogen and oxygen atoms in total. The molecular formula is C23H27IN4O. The van der Waals surface area contributed by atoms with Crippen molar-refractivity contribution in [1.29, 1.82) is 0 Å². The Labute approximate surface area is 184 Å². The van der Waals surface area contributed by atoms with Crippen LogP contribution in [0.15, 0.2) is 47.3 Å². The second-order valence-corrected chi connectivity index (χ2v) is 8.65. The first-order valence-corrected chi connectivity index (χ1v) is 11.4. The number of fused-ring (bicyclic) bond motifs is 2. The first-order chi connectivity index (χ1) is 14.2. The predicted molar refractivity (Wildman–Crippen MR) is 130 cm³/mol. The lowest BCUT2D eigenvalue weighted by Crippen LogP contribution is -2.30. The van der Waals surface area contributed by atoms with Gasteiger partial charge in [-0.2, -0.15) is 0 Å². The Morgan fingerprint density at radius 3 is 2.90 bits per heavy atom. The van der Waals surface area contributed by atoms with E-state index in [0.29, 0.717) is 6.04 Å². The van der Waals surface area contributed by atoms with E-state index >= 15 is 0 Å². The lowest BCUT2D eigenvalue weighted by atomic mass is 9.95. The van der Waals surface area contributed by atoms with Crippen LogP contribution < -0.4 is 21.4 Å². The Balaban J connectivity index is 1.33. The molecule has 1 aromatic heterocycles. The maximum atomic E-state index is 12.2. The van der Waals surface area contributed by atoms with E-state index in [-0.39, 0.29) is 5.43 Å². The highest BCUT2D eigenvalue weighted by Crippen LogP contribution is 2.34. The van der Waals surface area contributed by atoms with Crippen LogP contribution in [0.25, 0.3) is 10.9 Å². The molecule has 2 aromatic carbocycles. The number of aromatic amines is 1. The number of hydrogen-bond donors (Lipinski definition) is 4. The average Bonchev–Trinajstić information content (AvgIpc) is 2.73. The lowest BCUT2D eigenvalue weighted by Gasteiger charge is -2.29. The Hall–Kier alpha value is -2.06. The van der Waals surface area contributed by atoms with E-state index in [1.54, 1.807) is 6.07 Å². The summed E-state index contributed by atoms with van der Waals surface area (Å²) >= 11 is 2.44. The van der Waals surface area contributed by atoms with Crippen molar-refractivity contribution < 1.29 is 0 Å². The molecule has 3 aromatic rings. The van der Waals surface area contributed by atoms with E-state index in [2.05, 4.69) is 62.6 Å². The molecule has 1 aliphatic rings. The molecule has 0 saturated carbocycles. The molecule has 0 spiro atoms. The SMILES string of the molecule is CCc1cc(I)c2c(c1)[C@H](NCCCNc1cc(=O)c3ccccc3[nH]1)CCN2. The highest BCUT2D eigenvalue weighted by Gasteiger charge is 2.21. The van der Waals surface area contributed by atoms with Crippen molar-refractivity contribution >= 4 is 45.0 Å². The molecular weight excluding hydrogens is 475 g/mol. The molecule has 4 N–H and O–H groups in total. The Bertz CT molecular complexity index is 1060. The van der Waals surface area contributed by atoms with E-state index in [0.717, 1.165) is 55.6 Å². The molecule has 0 radical (unpaired) electrons. The maximum absolute atomic E-state index is 12.2. The van der Waals surface area contributed by atoms with Crippen molar-refractivity contribution in [2.24, 2.45) is 0 Å². The van der Waals surface area contributed by atoms with Gasteiger partial charge in [0.05, 0.1) is 11.2 Å². The second-order valence-electron chi connectivity index (χ2n) is 7.49. The van der Waals surface area contributed by atoms with Crippen molar-refractivity contribution in [3.8, 4) is 0 Å². The smallest absolute Gasteiger partial charge is 0.191 e. The minimum absolute atomic E-state index is 0.0487. The third-order valence-electron chi connectivity index (χ3n) is 5.50. The summed E-state index contributed by atoms with van der Waals surface area (Å²) in [6.45, 7) is 4.95. The highest BCUT2D eigenvalue weighted by molar-refractivity contribution is 14.1. The maximum Gasteiger partial charge on any atom is 0.191 e. The monoisotopic (exact) mass is 502 g/mol. The summed E-state index contributed by atoms with van der Waals surface area (Å²) in [5.41, 5.74) is 5.00. The predicted octanol–water partition coefficient (Wildman–Crippen LogP) is 4.64. The van der Waals surface area contributed by atoms with Gasteiger partial charge in [-0.1, -0.05) is 25.1 Å². The van der Waals surface area contributed by atoms with Gasteiger partial charge in [0.1, 0.15) is 5.82 Å². The zero-order chi connectivity index (χ0) is 20.2. The fourth-order valence-electron chi connectivity index (χ4n) is 3.94. The van der Waals surface area contributed by atoms with Gasteiger partial charge in [-0.3, -0.25) is 4.79 Å². The largest absolute Gasteiger partial charge is 0.384 e. The van der Waals surface area contributed by atoms with Crippen LogP contribution in [0, 0.1) is 3.57 Å².